The number of carbonyl (C=O) groups is 2. The summed E-state index contributed by atoms with van der Waals surface area (Å²) in [5.74, 6) is -1.68. The van der Waals surface area contributed by atoms with Gasteiger partial charge in [-0.1, -0.05) is 30.3 Å². The SMILES string of the molecule is O=C(c1ccccc1)c1coc(C(=O)O)c1. The van der Waals surface area contributed by atoms with E-state index in [1.54, 1.807) is 30.3 Å². The van der Waals surface area contributed by atoms with Crippen molar-refractivity contribution in [2.24, 2.45) is 0 Å². The van der Waals surface area contributed by atoms with Gasteiger partial charge in [0.1, 0.15) is 6.26 Å². The van der Waals surface area contributed by atoms with Crippen molar-refractivity contribution in [1.29, 1.82) is 0 Å². The molecular weight excluding hydrogens is 208 g/mol. The summed E-state index contributed by atoms with van der Waals surface area (Å²) < 4.78 is 4.75. The van der Waals surface area contributed by atoms with Gasteiger partial charge < -0.3 is 9.52 Å². The Kier molecular flexibility index (Phi) is 2.55. The number of benzene rings is 1. The fourth-order valence-electron chi connectivity index (χ4n) is 1.32. The molecule has 1 heterocycles. The first-order valence-corrected chi connectivity index (χ1v) is 4.60. The van der Waals surface area contributed by atoms with Gasteiger partial charge in [-0.3, -0.25) is 4.79 Å². The van der Waals surface area contributed by atoms with Crippen molar-refractivity contribution in [1.82, 2.24) is 0 Å². The van der Waals surface area contributed by atoms with Crippen LogP contribution in [0.15, 0.2) is 47.1 Å². The lowest BCUT2D eigenvalue weighted by atomic mass is 10.1. The highest BCUT2D eigenvalue weighted by Gasteiger charge is 2.15. The first-order valence-electron chi connectivity index (χ1n) is 4.60. The second-order valence-corrected chi connectivity index (χ2v) is 3.20. The zero-order chi connectivity index (χ0) is 11.5. The van der Waals surface area contributed by atoms with Gasteiger partial charge in [-0.2, -0.15) is 0 Å². The molecule has 1 aromatic carbocycles. The molecule has 2 rings (SSSR count). The predicted octanol–water partition coefficient (Wildman–Crippen LogP) is 2.21. The van der Waals surface area contributed by atoms with Gasteiger partial charge in [0.2, 0.25) is 5.76 Å². The third-order valence-corrected chi connectivity index (χ3v) is 2.11. The van der Waals surface area contributed by atoms with E-state index in [-0.39, 0.29) is 17.1 Å². The molecule has 1 aromatic heterocycles. The lowest BCUT2D eigenvalue weighted by Gasteiger charge is -1.95. The van der Waals surface area contributed by atoms with Gasteiger partial charge in [0, 0.05) is 11.6 Å². The molecule has 0 saturated heterocycles. The Balaban J connectivity index is 2.31. The fraction of sp³-hybridized carbons (Fsp3) is 0. The molecule has 0 spiro atoms. The Morgan fingerprint density at radius 3 is 2.31 bits per heavy atom. The number of carboxylic acids is 1. The first kappa shape index (κ1) is 10.2. The molecule has 16 heavy (non-hydrogen) atoms. The standard InChI is InChI=1S/C12H8O4/c13-11(8-4-2-1-3-5-8)9-6-10(12(14)15)16-7-9/h1-7H,(H,14,15). The van der Waals surface area contributed by atoms with Crippen molar-refractivity contribution in [3.63, 3.8) is 0 Å². The molecule has 0 bridgehead atoms. The van der Waals surface area contributed by atoms with Crippen molar-refractivity contribution < 1.29 is 19.1 Å². The minimum absolute atomic E-state index is 0.237. The highest BCUT2D eigenvalue weighted by molar-refractivity contribution is 6.09. The van der Waals surface area contributed by atoms with Gasteiger partial charge in [0.05, 0.1) is 5.56 Å². The quantitative estimate of drug-likeness (QED) is 0.798. The molecule has 0 fully saturated rings. The summed E-state index contributed by atoms with van der Waals surface area (Å²) >= 11 is 0. The molecule has 0 aliphatic carbocycles. The van der Waals surface area contributed by atoms with E-state index in [0.717, 1.165) is 6.26 Å². The first-order chi connectivity index (χ1) is 7.68. The third-order valence-electron chi connectivity index (χ3n) is 2.11. The third kappa shape index (κ3) is 1.86. The monoisotopic (exact) mass is 216 g/mol. The molecule has 0 radical (unpaired) electrons. The number of hydrogen-bond acceptors (Lipinski definition) is 3. The molecule has 1 N–H and O–H groups in total. The summed E-state index contributed by atoms with van der Waals surface area (Å²) in [6, 6.07) is 9.83. The van der Waals surface area contributed by atoms with Crippen molar-refractivity contribution in [2.75, 3.05) is 0 Å². The molecule has 0 atom stereocenters. The van der Waals surface area contributed by atoms with Gasteiger partial charge in [-0.15, -0.1) is 0 Å². The van der Waals surface area contributed by atoms with Crippen LogP contribution in [0.1, 0.15) is 26.5 Å². The van der Waals surface area contributed by atoms with Crippen LogP contribution in [-0.4, -0.2) is 16.9 Å². The number of carboxylic acid groups (broad SMARTS) is 1. The maximum Gasteiger partial charge on any atom is 0.371 e. The maximum absolute atomic E-state index is 11.8. The van der Waals surface area contributed by atoms with Crippen molar-refractivity contribution in [3.8, 4) is 0 Å². The Morgan fingerprint density at radius 2 is 1.75 bits per heavy atom. The van der Waals surface area contributed by atoms with Crippen LogP contribution in [0.25, 0.3) is 0 Å². The number of carbonyl (C=O) groups excluding carboxylic acids is 1. The Hall–Kier alpha value is -2.36. The minimum atomic E-state index is -1.19. The lowest BCUT2D eigenvalue weighted by Crippen LogP contribution is -1.99. The Bertz CT molecular complexity index is 525. The van der Waals surface area contributed by atoms with Crippen LogP contribution in [0.2, 0.25) is 0 Å². The zero-order valence-corrected chi connectivity index (χ0v) is 8.21. The highest BCUT2D eigenvalue weighted by atomic mass is 16.4. The van der Waals surface area contributed by atoms with Gasteiger partial charge in [-0.25, -0.2) is 4.79 Å². The lowest BCUT2D eigenvalue weighted by molar-refractivity contribution is 0.0662. The number of ketones is 1. The minimum Gasteiger partial charge on any atom is -0.475 e. The smallest absolute Gasteiger partial charge is 0.371 e. The molecule has 4 nitrogen and oxygen atoms in total. The average molecular weight is 216 g/mol. The van der Waals surface area contributed by atoms with Crippen molar-refractivity contribution >= 4 is 11.8 Å². The van der Waals surface area contributed by atoms with E-state index in [1.165, 1.54) is 6.07 Å². The van der Waals surface area contributed by atoms with Gasteiger partial charge in [-0.05, 0) is 0 Å². The van der Waals surface area contributed by atoms with Crippen molar-refractivity contribution in [3.05, 3.63) is 59.5 Å². The molecule has 0 aliphatic rings. The number of rotatable bonds is 3. The molecule has 80 valence electrons. The van der Waals surface area contributed by atoms with Gasteiger partial charge in [0.15, 0.2) is 5.78 Å². The van der Waals surface area contributed by atoms with Crippen LogP contribution < -0.4 is 0 Å². The van der Waals surface area contributed by atoms with Crippen LogP contribution in [0.3, 0.4) is 0 Å². The summed E-state index contributed by atoms with van der Waals surface area (Å²) in [5, 5.41) is 8.65. The van der Waals surface area contributed by atoms with Gasteiger partial charge in [0.25, 0.3) is 0 Å². The summed E-state index contributed by atoms with van der Waals surface area (Å²) in [6.07, 6.45) is 1.15. The predicted molar refractivity (Wildman–Crippen MR) is 55.5 cm³/mol. The Morgan fingerprint density at radius 1 is 1.06 bits per heavy atom. The summed E-state index contributed by atoms with van der Waals surface area (Å²) in [7, 11) is 0. The second kappa shape index (κ2) is 4.02. The molecule has 0 saturated carbocycles. The average Bonchev–Trinajstić information content (AvgIpc) is 2.78. The second-order valence-electron chi connectivity index (χ2n) is 3.20. The summed E-state index contributed by atoms with van der Waals surface area (Å²) in [4.78, 5) is 22.4. The zero-order valence-electron chi connectivity index (χ0n) is 8.21. The molecule has 2 aromatic rings. The molecular formula is C12H8O4. The maximum atomic E-state index is 11.8. The molecule has 0 unspecified atom stereocenters. The van der Waals surface area contributed by atoms with E-state index < -0.39 is 5.97 Å². The van der Waals surface area contributed by atoms with E-state index in [9.17, 15) is 9.59 Å². The van der Waals surface area contributed by atoms with E-state index in [2.05, 4.69) is 0 Å². The Labute approximate surface area is 91.1 Å². The van der Waals surface area contributed by atoms with Crippen LogP contribution in [0.5, 0.6) is 0 Å². The fourth-order valence-corrected chi connectivity index (χ4v) is 1.32. The van der Waals surface area contributed by atoms with E-state index >= 15 is 0 Å². The van der Waals surface area contributed by atoms with Crippen LogP contribution in [0, 0.1) is 0 Å². The van der Waals surface area contributed by atoms with E-state index in [0.29, 0.717) is 5.56 Å². The van der Waals surface area contributed by atoms with Crippen LogP contribution >= 0.6 is 0 Å². The topological polar surface area (TPSA) is 67.5 Å². The molecule has 0 aliphatic heterocycles. The van der Waals surface area contributed by atoms with Crippen LogP contribution in [-0.2, 0) is 0 Å². The molecule has 0 amide bonds. The summed E-state index contributed by atoms with van der Waals surface area (Å²) in [6.45, 7) is 0. The van der Waals surface area contributed by atoms with Crippen LogP contribution in [0.4, 0.5) is 0 Å². The number of hydrogen-bond donors (Lipinski definition) is 1. The summed E-state index contributed by atoms with van der Waals surface area (Å²) in [5.41, 5.74) is 0.740. The van der Waals surface area contributed by atoms with E-state index in [4.69, 9.17) is 9.52 Å². The van der Waals surface area contributed by atoms with Crippen molar-refractivity contribution in [2.45, 2.75) is 0 Å². The normalized spacial score (nSPS) is 10.0. The van der Waals surface area contributed by atoms with E-state index in [1.807, 2.05) is 0 Å². The highest BCUT2D eigenvalue weighted by Crippen LogP contribution is 2.13. The number of aromatic carboxylic acids is 1. The molecule has 4 heteroatoms. The number of furan rings is 1. The van der Waals surface area contributed by atoms with Gasteiger partial charge >= 0.3 is 5.97 Å². The largest absolute Gasteiger partial charge is 0.475 e.